The summed E-state index contributed by atoms with van der Waals surface area (Å²) < 4.78 is 7.26. The van der Waals surface area contributed by atoms with Crippen molar-refractivity contribution in [3.63, 3.8) is 0 Å². The smallest absolute Gasteiger partial charge is 0.411 e. The summed E-state index contributed by atoms with van der Waals surface area (Å²) in [6.07, 6.45) is -0.241. The van der Waals surface area contributed by atoms with Gasteiger partial charge in [0.2, 0.25) is 5.91 Å². The number of carbonyl (C=O) groups excluding carboxylic acids is 3. The summed E-state index contributed by atoms with van der Waals surface area (Å²) in [6, 6.07) is 11.2. The summed E-state index contributed by atoms with van der Waals surface area (Å²) in [4.78, 5) is 40.3. The number of urea groups is 1. The monoisotopic (exact) mass is 614 g/mol. The van der Waals surface area contributed by atoms with Gasteiger partial charge in [-0.05, 0) is 56.2 Å². The molecule has 3 aromatic rings. The summed E-state index contributed by atoms with van der Waals surface area (Å²) >= 11 is 12.4. The zero-order valence-electron chi connectivity index (χ0n) is 24.8. The highest BCUT2D eigenvalue weighted by atomic mass is 35.5. The van der Waals surface area contributed by atoms with Gasteiger partial charge in [0.05, 0.1) is 33.7 Å². The molecule has 0 spiro atoms. The fraction of sp³-hybridized carbons (Fsp3) is 0.400. The first-order valence-electron chi connectivity index (χ1n) is 13.5. The second-order valence-electron chi connectivity index (χ2n) is 12.2. The quantitative estimate of drug-likeness (QED) is 0.309. The van der Waals surface area contributed by atoms with Gasteiger partial charge < -0.3 is 15.4 Å². The largest absolute Gasteiger partial charge is 0.444 e. The van der Waals surface area contributed by atoms with E-state index >= 15 is 0 Å². The minimum Gasteiger partial charge on any atom is -0.444 e. The molecule has 0 aliphatic carbocycles. The molecule has 0 radical (unpaired) electrons. The van der Waals surface area contributed by atoms with Crippen LogP contribution in [0.1, 0.15) is 58.4 Å². The molecule has 12 heteroatoms. The van der Waals surface area contributed by atoms with E-state index in [1.807, 2.05) is 45.0 Å². The molecule has 224 valence electrons. The van der Waals surface area contributed by atoms with Gasteiger partial charge in [-0.15, -0.1) is 0 Å². The number of likely N-dealkylation sites (N-methyl/N-ethyl adjacent to an activating group) is 1. The number of aromatic nitrogens is 2. The molecule has 1 aliphatic heterocycles. The fourth-order valence-corrected chi connectivity index (χ4v) is 4.87. The molecular formula is C30H36Cl2N6O4. The Morgan fingerprint density at radius 3 is 2.33 bits per heavy atom. The second-order valence-corrected chi connectivity index (χ2v) is 12.9. The second kappa shape index (κ2) is 11.9. The Labute approximate surface area is 255 Å². The van der Waals surface area contributed by atoms with Gasteiger partial charge in [-0.2, -0.15) is 5.10 Å². The van der Waals surface area contributed by atoms with Gasteiger partial charge in [-0.3, -0.25) is 15.0 Å². The van der Waals surface area contributed by atoms with Crippen molar-refractivity contribution in [1.82, 2.24) is 20.0 Å². The number of anilines is 2. The Morgan fingerprint density at radius 2 is 1.69 bits per heavy atom. The van der Waals surface area contributed by atoms with E-state index in [-0.39, 0.29) is 22.9 Å². The van der Waals surface area contributed by atoms with Gasteiger partial charge in [0.1, 0.15) is 17.5 Å². The van der Waals surface area contributed by atoms with Crippen molar-refractivity contribution in [1.29, 1.82) is 0 Å². The van der Waals surface area contributed by atoms with Crippen LogP contribution in [0.3, 0.4) is 0 Å². The topological polar surface area (TPSA) is 118 Å². The van der Waals surface area contributed by atoms with Crippen LogP contribution in [-0.2, 0) is 27.9 Å². The van der Waals surface area contributed by atoms with Crippen LogP contribution in [0.2, 0.25) is 10.0 Å². The molecule has 3 N–H and O–H groups in total. The van der Waals surface area contributed by atoms with E-state index < -0.39 is 23.8 Å². The minimum atomic E-state index is -0.721. The van der Waals surface area contributed by atoms with Crippen LogP contribution in [0, 0.1) is 0 Å². The van der Waals surface area contributed by atoms with Gasteiger partial charge in [-0.25, -0.2) is 14.3 Å². The predicted molar refractivity (Wildman–Crippen MR) is 165 cm³/mol. The maximum Gasteiger partial charge on any atom is 0.411 e. The molecule has 42 heavy (non-hydrogen) atoms. The first-order valence-corrected chi connectivity index (χ1v) is 14.3. The Bertz CT molecular complexity index is 1520. The van der Waals surface area contributed by atoms with Crippen molar-refractivity contribution in [3.8, 4) is 5.69 Å². The average Bonchev–Trinajstić information content (AvgIpc) is 3.33. The molecule has 0 saturated carbocycles. The number of carbonyl (C=O) groups is 3. The van der Waals surface area contributed by atoms with Crippen molar-refractivity contribution in [2.75, 3.05) is 17.7 Å². The van der Waals surface area contributed by atoms with Crippen LogP contribution in [0.5, 0.6) is 0 Å². The molecule has 1 aliphatic rings. The maximum absolute atomic E-state index is 13.1. The van der Waals surface area contributed by atoms with E-state index in [0.29, 0.717) is 28.6 Å². The number of amides is 4. The minimum absolute atomic E-state index is 0.167. The van der Waals surface area contributed by atoms with Gasteiger partial charge in [0.15, 0.2) is 0 Å². The number of hydrogen-bond acceptors (Lipinski definition) is 5. The normalized spacial score (nSPS) is 15.1. The third-order valence-electron chi connectivity index (χ3n) is 6.66. The molecule has 0 fully saturated rings. The molecule has 4 rings (SSSR count). The average molecular weight is 616 g/mol. The Kier molecular flexibility index (Phi) is 8.80. The van der Waals surface area contributed by atoms with Crippen LogP contribution in [0.25, 0.3) is 5.69 Å². The molecule has 2 aromatic carbocycles. The third kappa shape index (κ3) is 6.99. The van der Waals surface area contributed by atoms with E-state index in [1.54, 1.807) is 50.7 Å². The highest BCUT2D eigenvalue weighted by Gasteiger charge is 2.37. The zero-order chi connectivity index (χ0) is 31.0. The summed E-state index contributed by atoms with van der Waals surface area (Å²) in [5.74, 6) is 0.161. The van der Waals surface area contributed by atoms with Gasteiger partial charge >= 0.3 is 12.1 Å². The van der Waals surface area contributed by atoms with Crippen LogP contribution in [0.15, 0.2) is 42.5 Å². The van der Waals surface area contributed by atoms with E-state index in [9.17, 15) is 14.4 Å². The van der Waals surface area contributed by atoms with Crippen molar-refractivity contribution < 1.29 is 19.1 Å². The molecular weight excluding hydrogens is 579 g/mol. The van der Waals surface area contributed by atoms with Gasteiger partial charge in [0, 0.05) is 24.9 Å². The summed E-state index contributed by atoms with van der Waals surface area (Å²) in [6.45, 7) is 11.6. The summed E-state index contributed by atoms with van der Waals surface area (Å²) in [7, 11) is 1.55. The number of ether oxygens (including phenoxy) is 1. The number of hydrogen-bond donors (Lipinski definition) is 3. The van der Waals surface area contributed by atoms with E-state index in [2.05, 4.69) is 16.0 Å². The van der Waals surface area contributed by atoms with Crippen LogP contribution in [-0.4, -0.2) is 51.4 Å². The Balaban J connectivity index is 1.69. The molecule has 1 aromatic heterocycles. The van der Waals surface area contributed by atoms with Crippen molar-refractivity contribution >= 4 is 52.7 Å². The fourth-order valence-electron chi connectivity index (χ4n) is 4.52. The standard InChI is InChI=1S/C30H36Cl2N6O4/c1-29(2,3)23-15-24(35-27(40)34-21-10-8-9-20(31)25(21)32)38(36-23)19-12-11-17-14-22(26(39)33-7)37(16-18(17)13-19)28(41)42-30(4,5)6/h8-13,15,22H,14,16H2,1-7H3,(H,33,39)(H2,34,35,40)/t22-/m0/s1. The first-order chi connectivity index (χ1) is 19.6. The molecule has 0 saturated heterocycles. The van der Waals surface area contributed by atoms with Crippen LogP contribution in [0.4, 0.5) is 21.1 Å². The van der Waals surface area contributed by atoms with Gasteiger partial charge in [-0.1, -0.05) is 56.1 Å². The number of halogens is 2. The molecule has 0 unspecified atom stereocenters. The number of nitrogens with one attached hydrogen (secondary N) is 3. The number of rotatable bonds is 4. The lowest BCUT2D eigenvalue weighted by molar-refractivity contribution is -0.126. The van der Waals surface area contributed by atoms with Crippen LogP contribution < -0.4 is 16.0 Å². The molecule has 0 bridgehead atoms. The van der Waals surface area contributed by atoms with Crippen LogP contribution >= 0.6 is 23.2 Å². The number of fused-ring (bicyclic) bond motifs is 1. The lowest BCUT2D eigenvalue weighted by atomic mass is 9.92. The number of benzene rings is 2. The van der Waals surface area contributed by atoms with Crippen molar-refractivity contribution in [3.05, 3.63) is 69.3 Å². The molecule has 1 atom stereocenters. The lowest BCUT2D eigenvalue weighted by Gasteiger charge is -2.36. The molecule has 10 nitrogen and oxygen atoms in total. The maximum atomic E-state index is 13.1. The summed E-state index contributed by atoms with van der Waals surface area (Å²) in [5.41, 5.74) is 2.53. The highest BCUT2D eigenvalue weighted by molar-refractivity contribution is 6.44. The first kappa shape index (κ1) is 31.2. The van der Waals surface area contributed by atoms with Crippen molar-refractivity contribution in [2.45, 2.75) is 71.6 Å². The highest BCUT2D eigenvalue weighted by Crippen LogP contribution is 2.32. The number of nitrogens with zero attached hydrogens (tertiary/aromatic N) is 3. The third-order valence-corrected chi connectivity index (χ3v) is 7.48. The van der Waals surface area contributed by atoms with E-state index in [1.165, 1.54) is 4.90 Å². The van der Waals surface area contributed by atoms with E-state index in [0.717, 1.165) is 16.8 Å². The lowest BCUT2D eigenvalue weighted by Crippen LogP contribution is -2.53. The van der Waals surface area contributed by atoms with E-state index in [4.69, 9.17) is 33.0 Å². The summed E-state index contributed by atoms with van der Waals surface area (Å²) in [5, 5.41) is 13.6. The predicted octanol–water partition coefficient (Wildman–Crippen LogP) is 6.53. The van der Waals surface area contributed by atoms with Crippen molar-refractivity contribution in [2.24, 2.45) is 0 Å². The Hall–Kier alpha value is -3.76. The Morgan fingerprint density at radius 1 is 0.976 bits per heavy atom. The van der Waals surface area contributed by atoms with Gasteiger partial charge in [0.25, 0.3) is 0 Å². The zero-order valence-corrected chi connectivity index (χ0v) is 26.3. The molecule has 2 heterocycles. The SMILES string of the molecule is CNC(=O)[C@@H]1Cc2ccc(-n3nc(C(C)(C)C)cc3NC(=O)Nc3cccc(Cl)c3Cl)cc2CN1C(=O)OC(C)(C)C. The molecule has 4 amide bonds.